The van der Waals surface area contributed by atoms with Gasteiger partial charge in [-0.3, -0.25) is 0 Å². The van der Waals surface area contributed by atoms with E-state index in [1.165, 1.54) is 67.3 Å². The van der Waals surface area contributed by atoms with Crippen LogP contribution in [0.3, 0.4) is 0 Å². The van der Waals surface area contributed by atoms with Gasteiger partial charge in [0, 0.05) is 22.7 Å². The van der Waals surface area contributed by atoms with E-state index >= 15 is 0 Å². The smallest absolute Gasteiger partial charge is 0.108 e. The highest BCUT2D eigenvalue weighted by molar-refractivity contribution is 5.77. The molecule has 2 nitrogen and oxygen atoms in total. The lowest BCUT2D eigenvalue weighted by atomic mass is 10.0. The monoisotopic (exact) mass is 476 g/mol. The topological polar surface area (TPSA) is 6.48 Å². The standard InChI is InChI=1S/C34H40N2/c1-22-10-14-31(15-11-22)35(33-26(5)18-24(3)19-27(33)6)30(9)36(32-16-12-23(2)13-17-32)34-28(7)20-25(4)21-29(34)8/h10-21,30H,1-9H3. The predicted octanol–water partition coefficient (Wildman–Crippen LogP) is 9.48. The first-order chi connectivity index (χ1) is 17.1. The lowest BCUT2D eigenvalue weighted by molar-refractivity contribution is 0.714. The van der Waals surface area contributed by atoms with E-state index in [4.69, 9.17) is 0 Å². The van der Waals surface area contributed by atoms with Gasteiger partial charge in [-0.1, -0.05) is 70.8 Å². The van der Waals surface area contributed by atoms with Gasteiger partial charge >= 0.3 is 0 Å². The fraction of sp³-hybridized carbons (Fsp3) is 0.294. The maximum Gasteiger partial charge on any atom is 0.108 e. The molecular weight excluding hydrogens is 436 g/mol. The van der Waals surface area contributed by atoms with E-state index in [-0.39, 0.29) is 6.17 Å². The molecular formula is C34H40N2. The molecule has 0 aliphatic rings. The molecule has 2 heteroatoms. The zero-order chi connectivity index (χ0) is 26.1. The molecule has 0 saturated carbocycles. The molecule has 36 heavy (non-hydrogen) atoms. The molecule has 186 valence electrons. The number of hydrogen-bond donors (Lipinski definition) is 0. The quantitative estimate of drug-likeness (QED) is 0.256. The van der Waals surface area contributed by atoms with Crippen LogP contribution in [0.5, 0.6) is 0 Å². The van der Waals surface area contributed by atoms with Crippen LogP contribution in [-0.4, -0.2) is 6.17 Å². The first kappa shape index (κ1) is 25.6. The molecule has 4 aromatic carbocycles. The van der Waals surface area contributed by atoms with Crippen molar-refractivity contribution in [3.05, 3.63) is 117 Å². The molecule has 0 amide bonds. The zero-order valence-corrected chi connectivity index (χ0v) is 23.4. The second kappa shape index (κ2) is 10.2. The van der Waals surface area contributed by atoms with Crippen molar-refractivity contribution in [3.63, 3.8) is 0 Å². The Hall–Kier alpha value is -3.52. The second-order valence-electron chi connectivity index (χ2n) is 10.5. The molecule has 0 aliphatic heterocycles. The summed E-state index contributed by atoms with van der Waals surface area (Å²) < 4.78 is 0. The summed E-state index contributed by atoms with van der Waals surface area (Å²) in [4.78, 5) is 5.03. The van der Waals surface area contributed by atoms with Gasteiger partial charge in [-0.15, -0.1) is 0 Å². The minimum absolute atomic E-state index is 0.0237. The van der Waals surface area contributed by atoms with E-state index in [2.05, 4.69) is 145 Å². The lowest BCUT2D eigenvalue weighted by Gasteiger charge is -2.43. The van der Waals surface area contributed by atoms with Gasteiger partial charge in [0.2, 0.25) is 0 Å². The Labute approximate surface area is 218 Å². The van der Waals surface area contributed by atoms with Crippen molar-refractivity contribution in [2.75, 3.05) is 9.80 Å². The summed E-state index contributed by atoms with van der Waals surface area (Å²) in [7, 11) is 0. The summed E-state index contributed by atoms with van der Waals surface area (Å²) in [6.45, 7) is 19.9. The van der Waals surface area contributed by atoms with Crippen LogP contribution >= 0.6 is 0 Å². The van der Waals surface area contributed by atoms with Crippen LogP contribution in [0.15, 0.2) is 72.8 Å². The van der Waals surface area contributed by atoms with E-state index in [1.807, 2.05) is 0 Å². The van der Waals surface area contributed by atoms with Crippen molar-refractivity contribution in [3.8, 4) is 0 Å². The van der Waals surface area contributed by atoms with Crippen LogP contribution in [0, 0.1) is 55.4 Å². The van der Waals surface area contributed by atoms with E-state index < -0.39 is 0 Å². The Bertz CT molecular complexity index is 1210. The van der Waals surface area contributed by atoms with Crippen LogP contribution in [0.25, 0.3) is 0 Å². The molecule has 0 heterocycles. The molecule has 0 atom stereocenters. The van der Waals surface area contributed by atoms with Crippen molar-refractivity contribution < 1.29 is 0 Å². The summed E-state index contributed by atoms with van der Waals surface area (Å²) in [5.41, 5.74) is 15.2. The average molecular weight is 477 g/mol. The highest BCUT2D eigenvalue weighted by atomic mass is 15.4. The van der Waals surface area contributed by atoms with Crippen molar-refractivity contribution in [1.82, 2.24) is 0 Å². The molecule has 0 bridgehead atoms. The average Bonchev–Trinajstić information content (AvgIpc) is 2.79. The molecule has 0 N–H and O–H groups in total. The minimum Gasteiger partial charge on any atom is -0.320 e. The molecule has 0 spiro atoms. The summed E-state index contributed by atoms with van der Waals surface area (Å²) in [6.07, 6.45) is 0.0237. The third kappa shape index (κ3) is 5.04. The van der Waals surface area contributed by atoms with Crippen LogP contribution in [0.1, 0.15) is 51.4 Å². The lowest BCUT2D eigenvalue weighted by Crippen LogP contribution is -2.43. The number of benzene rings is 4. The van der Waals surface area contributed by atoms with E-state index in [0.29, 0.717) is 0 Å². The number of aryl methyl sites for hydroxylation is 8. The van der Waals surface area contributed by atoms with Crippen LogP contribution in [0.2, 0.25) is 0 Å². The van der Waals surface area contributed by atoms with Gasteiger partial charge in [0.25, 0.3) is 0 Å². The summed E-state index contributed by atoms with van der Waals surface area (Å²) in [6, 6.07) is 27.1. The SMILES string of the molecule is Cc1ccc(N(c2c(C)cc(C)cc2C)C(C)N(c2ccc(C)cc2)c2c(C)cc(C)cc2C)cc1. The number of hydrogen-bond acceptors (Lipinski definition) is 2. The largest absolute Gasteiger partial charge is 0.320 e. The maximum absolute atomic E-state index is 2.52. The molecule has 0 aromatic heterocycles. The first-order valence-electron chi connectivity index (χ1n) is 12.9. The highest BCUT2D eigenvalue weighted by Crippen LogP contribution is 2.41. The summed E-state index contributed by atoms with van der Waals surface area (Å²) in [5.74, 6) is 0. The normalized spacial score (nSPS) is 11.2. The molecule has 0 fully saturated rings. The number of anilines is 4. The Morgan fingerprint density at radius 3 is 0.972 bits per heavy atom. The van der Waals surface area contributed by atoms with E-state index in [1.54, 1.807) is 0 Å². The Balaban J connectivity index is 2.00. The summed E-state index contributed by atoms with van der Waals surface area (Å²) in [5, 5.41) is 0. The third-order valence-corrected chi connectivity index (χ3v) is 7.12. The Kier molecular flexibility index (Phi) is 7.26. The fourth-order valence-electron chi connectivity index (χ4n) is 5.69. The van der Waals surface area contributed by atoms with Crippen molar-refractivity contribution in [1.29, 1.82) is 0 Å². The fourth-order valence-corrected chi connectivity index (χ4v) is 5.69. The number of nitrogens with zero attached hydrogens (tertiary/aromatic N) is 2. The van der Waals surface area contributed by atoms with Gasteiger partial charge in [-0.2, -0.15) is 0 Å². The van der Waals surface area contributed by atoms with Gasteiger partial charge in [-0.25, -0.2) is 0 Å². The highest BCUT2D eigenvalue weighted by Gasteiger charge is 2.29. The van der Waals surface area contributed by atoms with Crippen molar-refractivity contribution in [2.24, 2.45) is 0 Å². The van der Waals surface area contributed by atoms with Gasteiger partial charge in [-0.05, 0) is 109 Å². The van der Waals surface area contributed by atoms with Gasteiger partial charge in [0.05, 0.1) is 0 Å². The van der Waals surface area contributed by atoms with Gasteiger partial charge < -0.3 is 9.80 Å². The Morgan fingerprint density at radius 1 is 0.417 bits per heavy atom. The maximum atomic E-state index is 2.52. The summed E-state index contributed by atoms with van der Waals surface area (Å²) >= 11 is 0. The molecule has 0 radical (unpaired) electrons. The third-order valence-electron chi connectivity index (χ3n) is 7.12. The van der Waals surface area contributed by atoms with Crippen LogP contribution < -0.4 is 9.80 Å². The molecule has 4 aromatic rings. The van der Waals surface area contributed by atoms with E-state index in [9.17, 15) is 0 Å². The Morgan fingerprint density at radius 2 is 0.694 bits per heavy atom. The first-order valence-corrected chi connectivity index (χ1v) is 12.9. The van der Waals surface area contributed by atoms with E-state index in [0.717, 1.165) is 0 Å². The van der Waals surface area contributed by atoms with Crippen LogP contribution in [0.4, 0.5) is 22.7 Å². The van der Waals surface area contributed by atoms with Gasteiger partial charge in [0.1, 0.15) is 6.17 Å². The van der Waals surface area contributed by atoms with Crippen molar-refractivity contribution in [2.45, 2.75) is 68.5 Å². The minimum atomic E-state index is 0.0237. The zero-order valence-electron chi connectivity index (χ0n) is 23.4. The molecule has 0 unspecified atom stereocenters. The number of rotatable bonds is 6. The van der Waals surface area contributed by atoms with Crippen molar-refractivity contribution >= 4 is 22.7 Å². The molecule has 4 rings (SSSR count). The van der Waals surface area contributed by atoms with Crippen LogP contribution in [-0.2, 0) is 0 Å². The molecule has 0 aliphatic carbocycles. The van der Waals surface area contributed by atoms with Gasteiger partial charge in [0.15, 0.2) is 0 Å². The predicted molar refractivity (Wildman–Crippen MR) is 157 cm³/mol. The second-order valence-corrected chi connectivity index (χ2v) is 10.5. The molecule has 0 saturated heterocycles.